The third-order valence-corrected chi connectivity index (χ3v) is 18.8. The zero-order valence-electron chi connectivity index (χ0n) is 36.3. The van der Waals surface area contributed by atoms with Crippen LogP contribution in [0.5, 0.6) is 0 Å². The second-order valence-corrected chi connectivity index (χ2v) is 22.0. The molecule has 0 aliphatic heterocycles. The van der Waals surface area contributed by atoms with Gasteiger partial charge in [-0.3, -0.25) is 0 Å². The van der Waals surface area contributed by atoms with E-state index in [0.717, 1.165) is 88.2 Å². The Hall–Kier alpha value is -7.82. The van der Waals surface area contributed by atoms with E-state index in [1.165, 1.54) is 50.0 Å². The Labute approximate surface area is 401 Å². The standard InChI is InChI=1S/C62H36N2O2Se2/c1-3-13-41(14-4-1)63(53-21-11-19-49-45-17-7-9-23-57(45)67-61(49)53)43-27-25-37-33-51-47-29-30-48-52-34-38-26-28-44(32-40(38)36-56(52)66-60(48)59(47)65-55(51)35-39(37)31-43)64(42-15-5-2-6-16-42)54-22-12-20-50-46-18-8-10-24-58(46)68-62(50)54/h1-36H. The Morgan fingerprint density at radius 2 is 0.706 bits per heavy atom. The zero-order chi connectivity index (χ0) is 44.5. The molecule has 0 radical (unpaired) electrons. The first-order chi connectivity index (χ1) is 33.7. The summed E-state index contributed by atoms with van der Waals surface area (Å²) in [5, 5.41) is 14.2. The van der Waals surface area contributed by atoms with E-state index >= 15 is 0 Å². The molecule has 0 amide bonds. The van der Waals surface area contributed by atoms with Crippen LogP contribution < -0.4 is 9.80 Å². The van der Waals surface area contributed by atoms with E-state index in [1.807, 2.05) is 0 Å². The molecule has 0 saturated carbocycles. The van der Waals surface area contributed by atoms with Crippen molar-refractivity contribution < 1.29 is 8.83 Å². The van der Waals surface area contributed by atoms with Gasteiger partial charge in [-0.25, -0.2) is 0 Å². The van der Waals surface area contributed by atoms with Gasteiger partial charge in [0, 0.05) is 0 Å². The topological polar surface area (TPSA) is 32.8 Å². The second-order valence-electron chi connectivity index (χ2n) is 17.6. The molecule has 318 valence electrons. The van der Waals surface area contributed by atoms with Crippen LogP contribution in [0.15, 0.2) is 227 Å². The maximum absolute atomic E-state index is 6.87. The average molecular weight is 999 g/mol. The van der Waals surface area contributed by atoms with Gasteiger partial charge in [-0.2, -0.15) is 0 Å². The van der Waals surface area contributed by atoms with Gasteiger partial charge in [0.1, 0.15) is 0 Å². The van der Waals surface area contributed by atoms with E-state index in [4.69, 9.17) is 8.83 Å². The van der Waals surface area contributed by atoms with Crippen LogP contribution in [-0.4, -0.2) is 29.0 Å². The van der Waals surface area contributed by atoms with E-state index < -0.39 is 0 Å². The monoisotopic (exact) mass is 1000 g/mol. The van der Waals surface area contributed by atoms with Crippen molar-refractivity contribution in [2.24, 2.45) is 0 Å². The van der Waals surface area contributed by atoms with E-state index in [9.17, 15) is 0 Å². The first kappa shape index (κ1) is 38.3. The summed E-state index contributed by atoms with van der Waals surface area (Å²) in [5.74, 6) is 0. The maximum atomic E-state index is 6.87. The molecule has 0 unspecified atom stereocenters. The molecule has 6 heteroatoms. The van der Waals surface area contributed by atoms with Crippen molar-refractivity contribution in [2.45, 2.75) is 0 Å². The Balaban J connectivity index is 0.856. The van der Waals surface area contributed by atoms with Gasteiger partial charge in [-0.05, 0) is 0 Å². The average Bonchev–Trinajstić information content (AvgIpc) is 4.16. The first-order valence-electron chi connectivity index (χ1n) is 22.9. The summed E-state index contributed by atoms with van der Waals surface area (Å²) in [6, 6.07) is 79.8. The van der Waals surface area contributed by atoms with Crippen LogP contribution in [0, 0.1) is 0 Å². The molecular formula is C62H36N2O2Se2. The van der Waals surface area contributed by atoms with Crippen LogP contribution in [0.2, 0.25) is 0 Å². The van der Waals surface area contributed by atoms with Gasteiger partial charge < -0.3 is 0 Å². The number of hydrogen-bond acceptors (Lipinski definition) is 4. The van der Waals surface area contributed by atoms with Crippen LogP contribution in [0.25, 0.3) is 104 Å². The minimum absolute atomic E-state index is 0.200. The zero-order valence-corrected chi connectivity index (χ0v) is 39.7. The molecule has 15 rings (SSSR count). The third kappa shape index (κ3) is 5.79. The second kappa shape index (κ2) is 14.8. The predicted molar refractivity (Wildman–Crippen MR) is 289 cm³/mol. The summed E-state index contributed by atoms with van der Waals surface area (Å²) < 4.78 is 19.4. The van der Waals surface area contributed by atoms with Crippen LogP contribution in [-0.2, 0) is 0 Å². The predicted octanol–water partition coefficient (Wildman–Crippen LogP) is 17.5. The van der Waals surface area contributed by atoms with E-state index in [0.29, 0.717) is 0 Å². The molecule has 68 heavy (non-hydrogen) atoms. The summed E-state index contributed by atoms with van der Waals surface area (Å²) in [5.41, 5.74) is 10.2. The first-order valence-corrected chi connectivity index (χ1v) is 26.3. The third-order valence-electron chi connectivity index (χ3n) is 13.8. The number of hydrogen-bond donors (Lipinski definition) is 0. The van der Waals surface area contributed by atoms with Crippen molar-refractivity contribution in [2.75, 3.05) is 9.80 Å². The quantitative estimate of drug-likeness (QED) is 0.155. The summed E-state index contributed by atoms with van der Waals surface area (Å²) >= 11 is 0.399. The number of benzene rings is 11. The van der Waals surface area contributed by atoms with E-state index in [1.54, 1.807) is 0 Å². The Morgan fingerprint density at radius 1 is 0.279 bits per heavy atom. The molecular weight excluding hydrogens is 963 g/mol. The number of rotatable bonds is 6. The number of furan rings is 2. The van der Waals surface area contributed by atoms with Gasteiger partial charge in [-0.1, -0.05) is 0 Å². The van der Waals surface area contributed by atoms with Crippen molar-refractivity contribution in [3.05, 3.63) is 218 Å². The normalized spacial score (nSPS) is 12.1. The van der Waals surface area contributed by atoms with E-state index in [2.05, 4.69) is 228 Å². The molecule has 0 saturated heterocycles. The minimum atomic E-state index is 0.200. The van der Waals surface area contributed by atoms with Gasteiger partial charge in [0.25, 0.3) is 0 Å². The number of nitrogens with zero attached hydrogens (tertiary/aromatic N) is 2. The summed E-state index contributed by atoms with van der Waals surface area (Å²) in [4.78, 5) is 4.85. The van der Waals surface area contributed by atoms with Gasteiger partial charge in [-0.15, -0.1) is 0 Å². The molecule has 0 aliphatic rings. The van der Waals surface area contributed by atoms with Crippen molar-refractivity contribution >= 4 is 167 Å². The molecule has 0 bridgehead atoms. The number of fused-ring (bicyclic) bond motifs is 15. The van der Waals surface area contributed by atoms with Crippen molar-refractivity contribution in [3.8, 4) is 0 Å². The summed E-state index contributed by atoms with van der Waals surface area (Å²) in [6.45, 7) is 0. The molecule has 0 N–H and O–H groups in total. The van der Waals surface area contributed by atoms with Crippen molar-refractivity contribution in [3.63, 3.8) is 0 Å². The summed E-state index contributed by atoms with van der Waals surface area (Å²) in [6.07, 6.45) is 0. The van der Waals surface area contributed by atoms with Gasteiger partial charge in [0.15, 0.2) is 0 Å². The number of anilines is 6. The SMILES string of the molecule is c1ccc(N(c2ccc3cc4c(cc3c2)oc2c4ccc3c4cc5ccc(N(c6ccccc6)c6cccc7c6[se]c6ccccc67)cc5cc4oc32)c2cccc3c2[se]c2ccccc23)cc1. The van der Waals surface area contributed by atoms with Gasteiger partial charge in [0.05, 0.1) is 0 Å². The van der Waals surface area contributed by atoms with Crippen LogP contribution in [0.4, 0.5) is 34.1 Å². The molecule has 0 aliphatic carbocycles. The summed E-state index contributed by atoms with van der Waals surface area (Å²) in [7, 11) is 0. The van der Waals surface area contributed by atoms with Crippen LogP contribution >= 0.6 is 0 Å². The fraction of sp³-hybridized carbons (Fsp3) is 0. The van der Waals surface area contributed by atoms with Crippen LogP contribution in [0.3, 0.4) is 0 Å². The molecule has 4 heterocycles. The molecule has 4 nitrogen and oxygen atoms in total. The molecule has 11 aromatic carbocycles. The molecule has 4 aromatic heterocycles. The van der Waals surface area contributed by atoms with Crippen molar-refractivity contribution in [1.82, 2.24) is 0 Å². The van der Waals surface area contributed by atoms with E-state index in [-0.39, 0.29) is 29.0 Å². The van der Waals surface area contributed by atoms with Crippen LogP contribution in [0.1, 0.15) is 0 Å². The molecule has 0 spiro atoms. The Morgan fingerprint density at radius 3 is 1.18 bits per heavy atom. The Kier molecular flexibility index (Phi) is 8.36. The fourth-order valence-corrected chi connectivity index (χ4v) is 15.7. The number of para-hydroxylation sites is 2. The Bertz CT molecular complexity index is 4230. The van der Waals surface area contributed by atoms with Gasteiger partial charge in [0.2, 0.25) is 0 Å². The van der Waals surface area contributed by atoms with Gasteiger partial charge >= 0.3 is 404 Å². The fourth-order valence-electron chi connectivity index (χ4n) is 10.6. The molecule has 0 atom stereocenters. The molecule has 0 fully saturated rings. The molecule has 15 aromatic rings. The van der Waals surface area contributed by atoms with Crippen molar-refractivity contribution in [1.29, 1.82) is 0 Å².